The molecule has 7 heteroatoms. The minimum absolute atomic E-state index is 0.00538. The van der Waals surface area contributed by atoms with Gasteiger partial charge in [-0.2, -0.15) is 0 Å². The van der Waals surface area contributed by atoms with Crippen LogP contribution in [0.3, 0.4) is 0 Å². The lowest BCUT2D eigenvalue weighted by atomic mass is 9.83. The topological polar surface area (TPSA) is 105 Å². The number of amides is 1. The maximum atomic E-state index is 11.8. The molecule has 0 unspecified atom stereocenters. The van der Waals surface area contributed by atoms with Crippen molar-refractivity contribution in [2.24, 2.45) is 5.92 Å². The Kier molecular flexibility index (Phi) is 2.34. The van der Waals surface area contributed by atoms with Crippen LogP contribution in [0.4, 0.5) is 5.82 Å². The van der Waals surface area contributed by atoms with Crippen molar-refractivity contribution in [2.75, 3.05) is 18.8 Å². The number of nitrogens with zero attached hydrogens (tertiary/aromatic N) is 3. The van der Waals surface area contributed by atoms with Crippen molar-refractivity contribution in [1.82, 2.24) is 15.2 Å². The quantitative estimate of drug-likeness (QED) is 0.703. The monoisotopic (exact) mass is 226 g/mol. The van der Waals surface area contributed by atoms with Crippen LogP contribution in [-0.2, 0) is 0 Å². The van der Waals surface area contributed by atoms with E-state index in [1.807, 2.05) is 13.8 Å². The first kappa shape index (κ1) is 10.9. The van der Waals surface area contributed by atoms with Crippen LogP contribution < -0.4 is 5.73 Å². The Labute approximate surface area is 92.2 Å². The highest BCUT2D eigenvalue weighted by Gasteiger charge is 2.46. The molecule has 2 rings (SSSR count). The van der Waals surface area contributed by atoms with Crippen LogP contribution in [0.2, 0.25) is 0 Å². The number of aromatic nitrogens is 2. The fraction of sp³-hybridized carbons (Fsp3) is 0.667. The van der Waals surface area contributed by atoms with Gasteiger partial charge in [-0.1, -0.05) is 13.8 Å². The van der Waals surface area contributed by atoms with Gasteiger partial charge >= 0.3 is 0 Å². The Bertz CT molecular complexity index is 409. The van der Waals surface area contributed by atoms with E-state index in [4.69, 9.17) is 5.73 Å². The van der Waals surface area contributed by atoms with Gasteiger partial charge in [-0.25, -0.2) is 4.63 Å². The van der Waals surface area contributed by atoms with E-state index >= 15 is 0 Å². The van der Waals surface area contributed by atoms with Crippen molar-refractivity contribution in [3.63, 3.8) is 0 Å². The first-order chi connectivity index (χ1) is 7.44. The van der Waals surface area contributed by atoms with E-state index in [-0.39, 0.29) is 36.4 Å². The molecule has 1 aromatic rings. The van der Waals surface area contributed by atoms with Crippen LogP contribution >= 0.6 is 0 Å². The van der Waals surface area contributed by atoms with Gasteiger partial charge in [0.15, 0.2) is 0 Å². The van der Waals surface area contributed by atoms with Crippen LogP contribution in [0.5, 0.6) is 0 Å². The van der Waals surface area contributed by atoms with E-state index in [1.54, 1.807) is 0 Å². The Morgan fingerprint density at radius 2 is 2.19 bits per heavy atom. The van der Waals surface area contributed by atoms with Gasteiger partial charge in [0.05, 0.1) is 13.1 Å². The van der Waals surface area contributed by atoms with Gasteiger partial charge in [-0.15, -0.1) is 0 Å². The first-order valence-corrected chi connectivity index (χ1v) is 5.04. The Morgan fingerprint density at radius 1 is 1.56 bits per heavy atom. The summed E-state index contributed by atoms with van der Waals surface area (Å²) in [5, 5.41) is 16.7. The van der Waals surface area contributed by atoms with Crippen molar-refractivity contribution in [3.05, 3.63) is 5.69 Å². The lowest BCUT2D eigenvalue weighted by Gasteiger charge is -2.48. The maximum Gasteiger partial charge on any atom is 0.280 e. The molecule has 1 saturated heterocycles. The minimum Gasteiger partial charge on any atom is -0.386 e. The van der Waals surface area contributed by atoms with E-state index in [2.05, 4.69) is 14.9 Å². The Balaban J connectivity index is 2.04. The normalized spacial score (nSPS) is 18.6. The third kappa shape index (κ3) is 1.53. The molecule has 2 heterocycles. The van der Waals surface area contributed by atoms with Crippen LogP contribution in [-0.4, -0.2) is 44.9 Å². The summed E-state index contributed by atoms with van der Waals surface area (Å²) in [5.41, 5.74) is 4.61. The van der Waals surface area contributed by atoms with Crippen molar-refractivity contribution in [2.45, 2.75) is 19.4 Å². The van der Waals surface area contributed by atoms with E-state index in [0.717, 1.165) is 0 Å². The summed E-state index contributed by atoms with van der Waals surface area (Å²) in [6, 6.07) is 0. The molecule has 0 spiro atoms. The summed E-state index contributed by atoms with van der Waals surface area (Å²) in [6.07, 6.45) is 0. The lowest BCUT2D eigenvalue weighted by Crippen LogP contribution is -2.66. The van der Waals surface area contributed by atoms with Gasteiger partial charge in [0, 0.05) is 0 Å². The Morgan fingerprint density at radius 3 is 2.62 bits per heavy atom. The van der Waals surface area contributed by atoms with Gasteiger partial charge in [0.2, 0.25) is 11.5 Å². The molecule has 1 amide bonds. The van der Waals surface area contributed by atoms with Crippen molar-refractivity contribution < 1.29 is 14.5 Å². The fourth-order valence-corrected chi connectivity index (χ4v) is 1.62. The van der Waals surface area contributed by atoms with Gasteiger partial charge < -0.3 is 15.7 Å². The molecule has 1 aliphatic heterocycles. The van der Waals surface area contributed by atoms with Crippen LogP contribution in [0.15, 0.2) is 4.63 Å². The molecular weight excluding hydrogens is 212 g/mol. The number of nitrogen functional groups attached to an aromatic ring is 1. The molecular formula is C9H14N4O3. The zero-order valence-electron chi connectivity index (χ0n) is 9.17. The van der Waals surface area contributed by atoms with Crippen LogP contribution in [0, 0.1) is 5.92 Å². The number of hydrogen-bond acceptors (Lipinski definition) is 6. The van der Waals surface area contributed by atoms with E-state index in [1.165, 1.54) is 4.90 Å². The number of carbonyl (C=O) groups excluding carboxylic acids is 1. The molecule has 0 atom stereocenters. The lowest BCUT2D eigenvalue weighted by molar-refractivity contribution is -0.111. The zero-order valence-corrected chi connectivity index (χ0v) is 9.17. The van der Waals surface area contributed by atoms with E-state index in [9.17, 15) is 9.90 Å². The third-order valence-electron chi connectivity index (χ3n) is 3.01. The standard InChI is InChI=1S/C9H14N4O3/c1-5(2)9(15)3-13(4-9)8(14)6-7(10)12-16-11-6/h5,15H,3-4H2,1-2H3,(H2,10,12). The molecule has 88 valence electrons. The summed E-state index contributed by atoms with van der Waals surface area (Å²) in [7, 11) is 0. The minimum atomic E-state index is -0.804. The average molecular weight is 226 g/mol. The second-order valence-corrected chi connectivity index (χ2v) is 4.42. The molecule has 1 aliphatic rings. The Hall–Kier alpha value is -1.63. The van der Waals surface area contributed by atoms with Crippen molar-refractivity contribution >= 4 is 11.7 Å². The molecule has 0 aliphatic carbocycles. The summed E-state index contributed by atoms with van der Waals surface area (Å²) < 4.78 is 4.35. The van der Waals surface area contributed by atoms with Gasteiger partial charge in [0.1, 0.15) is 5.60 Å². The predicted molar refractivity (Wildman–Crippen MR) is 54.4 cm³/mol. The molecule has 3 N–H and O–H groups in total. The number of nitrogens with two attached hydrogens (primary N) is 1. The second-order valence-electron chi connectivity index (χ2n) is 4.42. The van der Waals surface area contributed by atoms with Gasteiger partial charge in [0.25, 0.3) is 5.91 Å². The number of hydrogen-bond donors (Lipinski definition) is 2. The molecule has 0 bridgehead atoms. The molecule has 0 aromatic carbocycles. The molecule has 7 nitrogen and oxygen atoms in total. The average Bonchev–Trinajstić information content (AvgIpc) is 2.58. The number of carbonyl (C=O) groups is 1. The number of rotatable bonds is 2. The van der Waals surface area contributed by atoms with Gasteiger partial charge in [-0.3, -0.25) is 4.79 Å². The number of anilines is 1. The molecule has 1 aromatic heterocycles. The molecule has 1 fully saturated rings. The number of aliphatic hydroxyl groups is 1. The molecule has 0 radical (unpaired) electrons. The summed E-state index contributed by atoms with van der Waals surface area (Å²) in [6.45, 7) is 4.40. The largest absolute Gasteiger partial charge is 0.386 e. The second kappa shape index (κ2) is 3.44. The van der Waals surface area contributed by atoms with Crippen LogP contribution in [0.1, 0.15) is 24.3 Å². The van der Waals surface area contributed by atoms with Crippen molar-refractivity contribution in [3.8, 4) is 0 Å². The van der Waals surface area contributed by atoms with Gasteiger partial charge in [-0.05, 0) is 16.2 Å². The summed E-state index contributed by atoms with van der Waals surface area (Å²) in [4.78, 5) is 13.3. The maximum absolute atomic E-state index is 11.8. The highest BCUT2D eigenvalue weighted by atomic mass is 16.6. The molecule has 0 saturated carbocycles. The number of likely N-dealkylation sites (tertiary alicyclic amines) is 1. The summed E-state index contributed by atoms with van der Waals surface area (Å²) in [5.74, 6) is -0.279. The summed E-state index contributed by atoms with van der Waals surface area (Å²) >= 11 is 0. The number of β-amino-alcohol motifs (C(OH)–C–C–N with tert-alkyl or cyclic N) is 1. The third-order valence-corrected chi connectivity index (χ3v) is 3.01. The smallest absolute Gasteiger partial charge is 0.280 e. The van der Waals surface area contributed by atoms with E-state index < -0.39 is 5.60 Å². The highest BCUT2D eigenvalue weighted by Crippen LogP contribution is 2.29. The SMILES string of the molecule is CC(C)C1(O)CN(C(=O)c2nonc2N)C1. The first-order valence-electron chi connectivity index (χ1n) is 5.04. The van der Waals surface area contributed by atoms with Crippen molar-refractivity contribution in [1.29, 1.82) is 0 Å². The predicted octanol–water partition coefficient (Wildman–Crippen LogP) is -0.505. The van der Waals surface area contributed by atoms with E-state index in [0.29, 0.717) is 0 Å². The van der Waals surface area contributed by atoms with Crippen LogP contribution in [0.25, 0.3) is 0 Å². The highest BCUT2D eigenvalue weighted by molar-refractivity contribution is 5.96. The molecule has 16 heavy (non-hydrogen) atoms. The fourth-order valence-electron chi connectivity index (χ4n) is 1.62. The zero-order chi connectivity index (χ0) is 11.9.